The molecule has 328 valence electrons. The summed E-state index contributed by atoms with van der Waals surface area (Å²) in [6.07, 6.45) is 9.18. The third-order valence-corrected chi connectivity index (χ3v) is 15.0. The van der Waals surface area contributed by atoms with Crippen molar-refractivity contribution in [2.24, 2.45) is 0 Å². The molecule has 0 spiro atoms. The summed E-state index contributed by atoms with van der Waals surface area (Å²) >= 11 is 0. The summed E-state index contributed by atoms with van der Waals surface area (Å²) in [6, 6.07) is 57.7. The zero-order chi connectivity index (χ0) is 45.9. The fraction of sp³-hybridized carbons (Fsp3) is 0.250. The average molecular weight is 859 g/mol. The third-order valence-electron chi connectivity index (χ3n) is 15.0. The van der Waals surface area contributed by atoms with Gasteiger partial charge in [0.1, 0.15) is 0 Å². The van der Waals surface area contributed by atoms with Crippen molar-refractivity contribution in [2.45, 2.75) is 104 Å². The Bertz CT molecular complexity index is 3330. The van der Waals surface area contributed by atoms with Gasteiger partial charge in [-0.05, 0) is 168 Å². The number of para-hydroxylation sites is 1. The highest BCUT2D eigenvalue weighted by molar-refractivity contribution is 6.10. The van der Waals surface area contributed by atoms with Gasteiger partial charge < -0.3 is 9.80 Å². The molecular weight excluding hydrogens is 797 g/mol. The summed E-state index contributed by atoms with van der Waals surface area (Å²) in [6.45, 7) is 23.9. The summed E-state index contributed by atoms with van der Waals surface area (Å²) in [4.78, 5) is 4.98. The van der Waals surface area contributed by atoms with Gasteiger partial charge in [-0.3, -0.25) is 0 Å². The van der Waals surface area contributed by atoms with Crippen LogP contribution in [0.5, 0.6) is 0 Å². The number of allylic oxidation sites excluding steroid dienone is 3. The second-order valence-corrected chi connectivity index (χ2v) is 22.1. The van der Waals surface area contributed by atoms with Crippen LogP contribution in [0, 0.1) is 0 Å². The molecule has 8 aromatic carbocycles. The van der Waals surface area contributed by atoms with Crippen LogP contribution in [-0.4, -0.2) is 0 Å². The molecule has 0 atom stereocenters. The van der Waals surface area contributed by atoms with Crippen LogP contribution in [0.4, 0.5) is 28.4 Å². The van der Waals surface area contributed by atoms with Crippen LogP contribution in [0.15, 0.2) is 176 Å². The van der Waals surface area contributed by atoms with E-state index in [-0.39, 0.29) is 21.7 Å². The van der Waals surface area contributed by atoms with Crippen molar-refractivity contribution >= 4 is 50.0 Å². The molecule has 0 N–H and O–H groups in total. The summed E-state index contributed by atoms with van der Waals surface area (Å²) in [7, 11) is 0. The van der Waals surface area contributed by atoms with Crippen LogP contribution in [0.1, 0.15) is 115 Å². The van der Waals surface area contributed by atoms with Gasteiger partial charge in [-0.1, -0.05) is 172 Å². The van der Waals surface area contributed by atoms with Crippen molar-refractivity contribution in [1.82, 2.24) is 0 Å². The normalized spacial score (nSPS) is 15.6. The largest absolute Gasteiger partial charge is 0.311 e. The number of nitrogens with zero attached hydrogens (tertiary/aromatic N) is 2. The van der Waals surface area contributed by atoms with Crippen molar-refractivity contribution in [3.63, 3.8) is 0 Å². The van der Waals surface area contributed by atoms with Gasteiger partial charge in [-0.2, -0.15) is 0 Å². The zero-order valence-corrected chi connectivity index (χ0v) is 40.5. The first-order chi connectivity index (χ1) is 31.5. The second kappa shape index (κ2) is 14.9. The van der Waals surface area contributed by atoms with Gasteiger partial charge in [0.15, 0.2) is 0 Å². The number of hydrogen-bond acceptors (Lipinski definition) is 2. The molecule has 0 fully saturated rings. The maximum Gasteiger partial charge on any atom is 0.0468 e. The van der Waals surface area contributed by atoms with Crippen LogP contribution in [0.3, 0.4) is 0 Å². The molecule has 11 rings (SSSR count). The molecule has 0 heterocycles. The molecule has 0 unspecified atom stereocenters. The molecule has 0 bridgehead atoms. The van der Waals surface area contributed by atoms with Crippen LogP contribution in [-0.2, 0) is 21.7 Å². The van der Waals surface area contributed by atoms with Gasteiger partial charge in [0, 0.05) is 45.0 Å². The molecular formula is C64H62N2. The van der Waals surface area contributed by atoms with Crippen LogP contribution < -0.4 is 9.80 Å². The number of anilines is 5. The maximum absolute atomic E-state index is 2.51. The molecule has 0 aromatic heterocycles. The minimum absolute atomic E-state index is 0.0916. The van der Waals surface area contributed by atoms with Crippen molar-refractivity contribution in [3.05, 3.63) is 209 Å². The lowest BCUT2D eigenvalue weighted by Crippen LogP contribution is -2.20. The van der Waals surface area contributed by atoms with Crippen molar-refractivity contribution in [3.8, 4) is 22.3 Å². The van der Waals surface area contributed by atoms with E-state index in [1.54, 1.807) is 0 Å². The summed E-state index contributed by atoms with van der Waals surface area (Å²) in [5, 5.41) is 5.28. The lowest BCUT2D eigenvalue weighted by atomic mass is 9.74. The molecule has 8 aromatic rings. The van der Waals surface area contributed by atoms with Crippen LogP contribution in [0.25, 0.3) is 43.8 Å². The fourth-order valence-electron chi connectivity index (χ4n) is 12.0. The van der Waals surface area contributed by atoms with Gasteiger partial charge in [0.05, 0.1) is 0 Å². The Morgan fingerprint density at radius 2 is 0.803 bits per heavy atom. The molecule has 0 saturated heterocycles. The summed E-state index contributed by atoms with van der Waals surface area (Å²) < 4.78 is 0. The number of benzene rings is 8. The van der Waals surface area contributed by atoms with E-state index in [9.17, 15) is 0 Å². The highest BCUT2D eigenvalue weighted by Crippen LogP contribution is 2.53. The Kier molecular flexibility index (Phi) is 9.51. The average Bonchev–Trinajstić information content (AvgIpc) is 3.67. The number of hydrogen-bond donors (Lipinski definition) is 0. The fourth-order valence-corrected chi connectivity index (χ4v) is 12.0. The van der Waals surface area contributed by atoms with E-state index in [1.807, 2.05) is 0 Å². The number of rotatable bonds is 6. The highest BCUT2D eigenvalue weighted by Gasteiger charge is 2.38. The van der Waals surface area contributed by atoms with Crippen LogP contribution >= 0.6 is 0 Å². The first-order valence-corrected chi connectivity index (χ1v) is 24.1. The first-order valence-electron chi connectivity index (χ1n) is 24.1. The standard InChI is InChI=1S/C64H62N2/c1-61(2,3)59-51-35-31-44(66(42-23-15-12-16-24-42)46-30-34-50-48-26-18-20-28-56(48)64(9,10)58(50)40-46)38-54(51)60(62(4,5)6)52-36-32-43(37-53(52)59)65(41-21-13-11-14-22-41)45-29-33-49-47-25-17-19-27-55(47)63(7,8)57(49)39-45/h11,13-15,17-40H,12,16H2,1-10H3. The maximum atomic E-state index is 2.51. The Morgan fingerprint density at radius 1 is 0.379 bits per heavy atom. The van der Waals surface area contributed by atoms with Gasteiger partial charge >= 0.3 is 0 Å². The molecule has 0 radical (unpaired) electrons. The van der Waals surface area contributed by atoms with E-state index in [1.165, 1.54) is 99.9 Å². The lowest BCUT2D eigenvalue weighted by Gasteiger charge is -2.33. The Balaban J connectivity index is 1.12. The van der Waals surface area contributed by atoms with E-state index in [4.69, 9.17) is 0 Å². The molecule has 0 amide bonds. The van der Waals surface area contributed by atoms with E-state index in [0.29, 0.717) is 0 Å². The summed E-state index contributed by atoms with van der Waals surface area (Å²) in [5.41, 5.74) is 20.3. The molecule has 3 aliphatic rings. The monoisotopic (exact) mass is 858 g/mol. The molecule has 2 heteroatoms. The minimum Gasteiger partial charge on any atom is -0.311 e. The van der Waals surface area contributed by atoms with Gasteiger partial charge in [-0.15, -0.1) is 0 Å². The molecule has 2 nitrogen and oxygen atoms in total. The van der Waals surface area contributed by atoms with Crippen LogP contribution in [0.2, 0.25) is 0 Å². The predicted molar refractivity (Wildman–Crippen MR) is 284 cm³/mol. The van der Waals surface area contributed by atoms with Gasteiger partial charge in [-0.25, -0.2) is 0 Å². The predicted octanol–water partition coefficient (Wildman–Crippen LogP) is 18.0. The smallest absolute Gasteiger partial charge is 0.0468 e. The SMILES string of the molecule is CC(C)(C)c1c2ccc(N(c3ccccc3)c3ccc4c(c3)C(C)(C)c3ccccc3-4)cc2c(C(C)(C)C)c2ccc(N(C3=CCCC=C3)c3ccc4c(c3)C(C)(C)c3ccccc3-4)cc12. The third kappa shape index (κ3) is 6.51. The minimum atomic E-state index is -0.150. The quantitative estimate of drug-likeness (QED) is 0.154. The molecule has 3 aliphatic carbocycles. The zero-order valence-electron chi connectivity index (χ0n) is 40.5. The second-order valence-electron chi connectivity index (χ2n) is 22.1. The Labute approximate surface area is 393 Å². The summed E-state index contributed by atoms with van der Waals surface area (Å²) in [5.74, 6) is 0. The highest BCUT2D eigenvalue weighted by atomic mass is 15.2. The molecule has 0 saturated carbocycles. The van der Waals surface area contributed by atoms with Crippen molar-refractivity contribution in [2.75, 3.05) is 9.80 Å². The Hall–Kier alpha value is -6.64. The van der Waals surface area contributed by atoms with Crippen molar-refractivity contribution in [1.29, 1.82) is 0 Å². The van der Waals surface area contributed by atoms with Gasteiger partial charge in [0.2, 0.25) is 0 Å². The van der Waals surface area contributed by atoms with E-state index >= 15 is 0 Å². The van der Waals surface area contributed by atoms with E-state index < -0.39 is 0 Å². The Morgan fingerprint density at radius 3 is 1.29 bits per heavy atom. The lowest BCUT2D eigenvalue weighted by molar-refractivity contribution is 0.593. The molecule has 66 heavy (non-hydrogen) atoms. The molecule has 0 aliphatic heterocycles. The van der Waals surface area contributed by atoms with E-state index in [2.05, 4.69) is 249 Å². The van der Waals surface area contributed by atoms with E-state index in [0.717, 1.165) is 24.2 Å². The first kappa shape index (κ1) is 42.0. The topological polar surface area (TPSA) is 6.48 Å². The van der Waals surface area contributed by atoms with Gasteiger partial charge in [0.25, 0.3) is 0 Å². The number of fused-ring (bicyclic) bond motifs is 8. The van der Waals surface area contributed by atoms with Crippen molar-refractivity contribution < 1.29 is 0 Å².